The smallest absolute Gasteiger partial charge is 0.336 e. The third-order valence-electron chi connectivity index (χ3n) is 4.01. The zero-order chi connectivity index (χ0) is 20.8. The number of carbonyl (C=O) groups is 2. The van der Waals surface area contributed by atoms with Gasteiger partial charge in [-0.1, -0.05) is 0 Å². The molecule has 1 aromatic carbocycles. The highest BCUT2D eigenvalue weighted by Gasteiger charge is 2.35. The molecule has 0 aromatic heterocycles. The predicted octanol–water partition coefficient (Wildman–Crippen LogP) is 3.48. The molecule has 1 aliphatic rings. The second-order valence-corrected chi connectivity index (χ2v) is 6.85. The molecule has 2 rings (SSSR count). The summed E-state index contributed by atoms with van der Waals surface area (Å²) in [5.74, 6) is -1.60. The van der Waals surface area contributed by atoms with Crippen molar-refractivity contribution in [1.29, 1.82) is 0 Å². The van der Waals surface area contributed by atoms with Gasteiger partial charge in [0.15, 0.2) is 11.5 Å². The third kappa shape index (κ3) is 4.67. The molecule has 0 unspecified atom stereocenters. The number of rotatable bonds is 7. The van der Waals surface area contributed by atoms with Crippen molar-refractivity contribution in [2.24, 2.45) is 0 Å². The van der Waals surface area contributed by atoms with Crippen molar-refractivity contribution in [3.63, 3.8) is 0 Å². The lowest BCUT2D eigenvalue weighted by Gasteiger charge is -2.29. The number of aromatic hydroxyl groups is 1. The molecule has 28 heavy (non-hydrogen) atoms. The van der Waals surface area contributed by atoms with Gasteiger partial charge in [-0.25, -0.2) is 9.59 Å². The first kappa shape index (κ1) is 21.8. The summed E-state index contributed by atoms with van der Waals surface area (Å²) in [6.45, 7) is 5.98. The molecule has 0 radical (unpaired) electrons. The number of phenols is 1. The highest BCUT2D eigenvalue weighted by atomic mass is 79.9. The Bertz CT molecular complexity index is 781. The van der Waals surface area contributed by atoms with E-state index in [2.05, 4.69) is 15.9 Å². The second-order valence-electron chi connectivity index (χ2n) is 5.99. The standard InChI is InChI=1S/C20H24BrNO6/c1-5-26-16-9-12(8-15(21)18(16)23)17-13(19(24)27-6-2)10-22(4)11-14(17)20(25)28-7-3/h8-11,17,23H,5-7H2,1-4H3. The molecule has 0 saturated carbocycles. The quantitative estimate of drug-likeness (QED) is 0.632. The first-order chi connectivity index (χ1) is 13.3. The molecular formula is C20H24BrNO6. The first-order valence-electron chi connectivity index (χ1n) is 8.98. The molecule has 152 valence electrons. The van der Waals surface area contributed by atoms with Crippen molar-refractivity contribution in [3.8, 4) is 11.5 Å². The SMILES string of the molecule is CCOC(=O)C1=CN(C)C=C(C(=O)OCC)C1c1cc(Br)c(O)c(OCC)c1. The Morgan fingerprint density at radius 3 is 2.04 bits per heavy atom. The van der Waals surface area contributed by atoms with Crippen molar-refractivity contribution < 1.29 is 28.9 Å². The maximum atomic E-state index is 12.6. The van der Waals surface area contributed by atoms with Crippen LogP contribution in [-0.4, -0.2) is 48.8 Å². The Morgan fingerprint density at radius 2 is 1.57 bits per heavy atom. The molecule has 0 fully saturated rings. The minimum atomic E-state index is -0.731. The van der Waals surface area contributed by atoms with E-state index in [9.17, 15) is 14.7 Å². The van der Waals surface area contributed by atoms with Gasteiger partial charge in [-0.2, -0.15) is 0 Å². The lowest BCUT2D eigenvalue weighted by Crippen LogP contribution is -2.28. The maximum absolute atomic E-state index is 12.6. The van der Waals surface area contributed by atoms with Crippen molar-refractivity contribution >= 4 is 27.9 Å². The molecule has 7 nitrogen and oxygen atoms in total. The molecule has 8 heteroatoms. The molecule has 0 saturated heterocycles. The first-order valence-corrected chi connectivity index (χ1v) is 9.78. The number of halogens is 1. The van der Waals surface area contributed by atoms with E-state index in [0.717, 1.165) is 0 Å². The van der Waals surface area contributed by atoms with E-state index in [4.69, 9.17) is 14.2 Å². The summed E-state index contributed by atoms with van der Waals surface area (Å²) in [5, 5.41) is 10.2. The van der Waals surface area contributed by atoms with Gasteiger partial charge >= 0.3 is 11.9 Å². The van der Waals surface area contributed by atoms with E-state index < -0.39 is 17.9 Å². The van der Waals surface area contributed by atoms with E-state index >= 15 is 0 Å². The van der Waals surface area contributed by atoms with Gasteiger partial charge in [-0.05, 0) is 54.4 Å². The summed E-state index contributed by atoms with van der Waals surface area (Å²) < 4.78 is 16.3. The number of hydrogen-bond donors (Lipinski definition) is 1. The maximum Gasteiger partial charge on any atom is 0.336 e. The average Bonchev–Trinajstić information content (AvgIpc) is 2.65. The summed E-state index contributed by atoms with van der Waals surface area (Å²) in [4.78, 5) is 26.9. The van der Waals surface area contributed by atoms with Crippen LogP contribution >= 0.6 is 15.9 Å². The summed E-state index contributed by atoms with van der Waals surface area (Å²) in [6, 6.07) is 3.26. The number of esters is 2. The zero-order valence-electron chi connectivity index (χ0n) is 16.3. The topological polar surface area (TPSA) is 85.3 Å². The lowest BCUT2D eigenvalue weighted by atomic mass is 9.83. The molecule has 1 aliphatic heterocycles. The molecule has 1 N–H and O–H groups in total. The van der Waals surface area contributed by atoms with E-state index in [-0.39, 0.29) is 35.9 Å². The fraction of sp³-hybridized carbons (Fsp3) is 0.400. The van der Waals surface area contributed by atoms with Gasteiger partial charge in [0.05, 0.1) is 41.4 Å². The molecule has 1 aromatic rings. The van der Waals surface area contributed by atoms with Gasteiger partial charge in [0.2, 0.25) is 0 Å². The Hall–Kier alpha value is -2.48. The van der Waals surface area contributed by atoms with Crippen LogP contribution in [0.5, 0.6) is 11.5 Å². The van der Waals surface area contributed by atoms with Crippen LogP contribution in [0.2, 0.25) is 0 Å². The van der Waals surface area contributed by atoms with E-state index in [1.165, 1.54) is 0 Å². The van der Waals surface area contributed by atoms with Crippen LogP contribution in [0.3, 0.4) is 0 Å². The fourth-order valence-electron chi connectivity index (χ4n) is 2.95. The van der Waals surface area contributed by atoms with Gasteiger partial charge < -0.3 is 24.2 Å². The van der Waals surface area contributed by atoms with Gasteiger partial charge in [0.1, 0.15) is 0 Å². The Labute approximate surface area is 172 Å². The molecule has 0 aliphatic carbocycles. The van der Waals surface area contributed by atoms with Crippen LogP contribution in [0.4, 0.5) is 0 Å². The van der Waals surface area contributed by atoms with E-state index in [1.807, 2.05) is 0 Å². The van der Waals surface area contributed by atoms with Gasteiger partial charge in [-0.3, -0.25) is 0 Å². The monoisotopic (exact) mass is 453 g/mol. The molecule has 0 amide bonds. The summed E-state index contributed by atoms with van der Waals surface area (Å²) in [7, 11) is 1.72. The van der Waals surface area contributed by atoms with Gasteiger partial charge in [-0.15, -0.1) is 0 Å². The largest absolute Gasteiger partial charge is 0.503 e. The minimum absolute atomic E-state index is 0.0538. The van der Waals surface area contributed by atoms with Crippen molar-refractivity contribution in [3.05, 3.63) is 45.7 Å². The number of carbonyl (C=O) groups excluding carboxylic acids is 2. The minimum Gasteiger partial charge on any atom is -0.503 e. The molecular weight excluding hydrogens is 430 g/mol. The number of phenolic OH excluding ortho intramolecular Hbond substituents is 1. The number of nitrogens with zero attached hydrogens (tertiary/aromatic N) is 1. The number of benzene rings is 1. The number of ether oxygens (including phenoxy) is 3. The average molecular weight is 454 g/mol. The molecule has 0 bridgehead atoms. The molecule has 1 heterocycles. The van der Waals surface area contributed by atoms with Crippen molar-refractivity contribution in [2.75, 3.05) is 26.9 Å². The number of hydrogen-bond acceptors (Lipinski definition) is 7. The Morgan fingerprint density at radius 1 is 1.04 bits per heavy atom. The van der Waals surface area contributed by atoms with Crippen LogP contribution in [0.1, 0.15) is 32.3 Å². The van der Waals surface area contributed by atoms with Crippen LogP contribution in [0.15, 0.2) is 40.2 Å². The highest BCUT2D eigenvalue weighted by molar-refractivity contribution is 9.10. The molecule has 0 atom stereocenters. The lowest BCUT2D eigenvalue weighted by molar-refractivity contribution is -0.139. The normalized spacial score (nSPS) is 14.2. The van der Waals surface area contributed by atoms with Crippen molar-refractivity contribution in [1.82, 2.24) is 4.90 Å². The third-order valence-corrected chi connectivity index (χ3v) is 4.62. The Kier molecular flexibility index (Phi) is 7.51. The van der Waals surface area contributed by atoms with Crippen LogP contribution in [-0.2, 0) is 19.1 Å². The zero-order valence-corrected chi connectivity index (χ0v) is 17.9. The van der Waals surface area contributed by atoms with Crippen LogP contribution in [0.25, 0.3) is 0 Å². The van der Waals surface area contributed by atoms with Gasteiger partial charge in [0, 0.05) is 19.4 Å². The van der Waals surface area contributed by atoms with E-state index in [1.54, 1.807) is 57.3 Å². The summed E-state index contributed by atoms with van der Waals surface area (Å²) >= 11 is 3.31. The Balaban J connectivity index is 2.64. The van der Waals surface area contributed by atoms with Crippen LogP contribution in [0, 0.1) is 0 Å². The van der Waals surface area contributed by atoms with Crippen LogP contribution < -0.4 is 4.74 Å². The predicted molar refractivity (Wildman–Crippen MR) is 107 cm³/mol. The summed E-state index contributed by atoms with van der Waals surface area (Å²) in [5.41, 5.74) is 1.16. The molecule has 0 spiro atoms. The summed E-state index contributed by atoms with van der Waals surface area (Å²) in [6.07, 6.45) is 3.24. The highest BCUT2D eigenvalue weighted by Crippen LogP contribution is 2.43. The van der Waals surface area contributed by atoms with E-state index in [0.29, 0.717) is 16.6 Å². The second kappa shape index (κ2) is 9.64. The van der Waals surface area contributed by atoms with Gasteiger partial charge in [0.25, 0.3) is 0 Å². The fourth-order valence-corrected chi connectivity index (χ4v) is 3.41. The van der Waals surface area contributed by atoms with Crippen molar-refractivity contribution in [2.45, 2.75) is 26.7 Å².